The van der Waals surface area contributed by atoms with E-state index in [0.717, 1.165) is 11.0 Å². The lowest BCUT2D eigenvalue weighted by molar-refractivity contribution is 0.283. The predicted molar refractivity (Wildman–Crippen MR) is 77.6 cm³/mol. The number of anilines is 1. The predicted octanol–water partition coefficient (Wildman–Crippen LogP) is 3.27. The molecule has 17 heavy (non-hydrogen) atoms. The maximum atomic E-state index is 3.49. The molecule has 1 fully saturated rings. The van der Waals surface area contributed by atoms with Crippen LogP contribution in [0.3, 0.4) is 0 Å². The van der Waals surface area contributed by atoms with E-state index in [1.807, 2.05) is 0 Å². The average molecular weight is 297 g/mol. The highest BCUT2D eigenvalue weighted by Crippen LogP contribution is 2.29. The summed E-state index contributed by atoms with van der Waals surface area (Å²) in [6.45, 7) is 5.81. The third-order valence-electron chi connectivity index (χ3n) is 4.10. The Kier molecular flexibility index (Phi) is 4.10. The van der Waals surface area contributed by atoms with Crippen LogP contribution in [0.25, 0.3) is 0 Å². The van der Waals surface area contributed by atoms with Crippen LogP contribution in [0.4, 0.5) is 5.69 Å². The molecule has 1 heterocycles. The molecule has 1 saturated heterocycles. The standard InChI is InChI=1S/C14H21BrN2/c1-10-11(2)17(9-8-14(10)16-3)13-6-4-12(15)5-7-13/h4-7,10-11,14,16H,8-9H2,1-3H3. The van der Waals surface area contributed by atoms with E-state index in [4.69, 9.17) is 0 Å². The molecular formula is C14H21BrN2. The second kappa shape index (κ2) is 5.40. The highest BCUT2D eigenvalue weighted by atomic mass is 79.9. The van der Waals surface area contributed by atoms with E-state index in [9.17, 15) is 0 Å². The van der Waals surface area contributed by atoms with Crippen LogP contribution in [-0.2, 0) is 0 Å². The van der Waals surface area contributed by atoms with Gasteiger partial charge in [-0.15, -0.1) is 0 Å². The number of benzene rings is 1. The fourth-order valence-electron chi connectivity index (χ4n) is 2.77. The maximum absolute atomic E-state index is 3.49. The third-order valence-corrected chi connectivity index (χ3v) is 4.63. The van der Waals surface area contributed by atoms with E-state index in [1.165, 1.54) is 12.1 Å². The SMILES string of the molecule is CNC1CCN(c2ccc(Br)cc2)C(C)C1C. The van der Waals surface area contributed by atoms with Gasteiger partial charge in [0.1, 0.15) is 0 Å². The summed E-state index contributed by atoms with van der Waals surface area (Å²) in [5, 5.41) is 3.43. The van der Waals surface area contributed by atoms with E-state index < -0.39 is 0 Å². The Labute approximate surface area is 113 Å². The summed E-state index contributed by atoms with van der Waals surface area (Å²) in [6, 6.07) is 9.88. The molecule has 0 spiro atoms. The Morgan fingerprint density at radius 3 is 2.47 bits per heavy atom. The van der Waals surface area contributed by atoms with E-state index in [2.05, 4.69) is 71.3 Å². The van der Waals surface area contributed by atoms with Crippen molar-refractivity contribution in [1.29, 1.82) is 0 Å². The summed E-state index contributed by atoms with van der Waals surface area (Å²) in [7, 11) is 2.07. The number of hydrogen-bond donors (Lipinski definition) is 1. The molecule has 2 rings (SSSR count). The van der Waals surface area contributed by atoms with Crippen LogP contribution in [0.2, 0.25) is 0 Å². The summed E-state index contributed by atoms with van der Waals surface area (Å²) in [5.74, 6) is 0.678. The molecule has 1 aliphatic heterocycles. The van der Waals surface area contributed by atoms with Crippen molar-refractivity contribution >= 4 is 21.6 Å². The molecule has 94 valence electrons. The van der Waals surface area contributed by atoms with Crippen molar-refractivity contribution < 1.29 is 0 Å². The first-order chi connectivity index (χ1) is 8.13. The van der Waals surface area contributed by atoms with Gasteiger partial charge in [0, 0.05) is 28.8 Å². The highest BCUT2D eigenvalue weighted by molar-refractivity contribution is 9.10. The van der Waals surface area contributed by atoms with Gasteiger partial charge in [-0.25, -0.2) is 0 Å². The lowest BCUT2D eigenvalue weighted by Crippen LogP contribution is -2.52. The van der Waals surface area contributed by atoms with Gasteiger partial charge in [0.2, 0.25) is 0 Å². The van der Waals surface area contributed by atoms with E-state index in [0.29, 0.717) is 18.0 Å². The van der Waals surface area contributed by atoms with Gasteiger partial charge in [0.25, 0.3) is 0 Å². The second-order valence-electron chi connectivity index (χ2n) is 4.95. The molecule has 0 radical (unpaired) electrons. The van der Waals surface area contributed by atoms with Crippen LogP contribution < -0.4 is 10.2 Å². The molecule has 3 atom stereocenters. The summed E-state index contributed by atoms with van der Waals surface area (Å²) < 4.78 is 1.15. The molecule has 0 amide bonds. The molecule has 2 nitrogen and oxygen atoms in total. The summed E-state index contributed by atoms with van der Waals surface area (Å²) in [6.07, 6.45) is 1.22. The quantitative estimate of drug-likeness (QED) is 0.901. The molecule has 1 aromatic rings. The molecule has 3 unspecified atom stereocenters. The van der Waals surface area contributed by atoms with Gasteiger partial charge in [-0.05, 0) is 50.6 Å². The minimum Gasteiger partial charge on any atom is -0.368 e. The molecule has 0 aromatic heterocycles. The zero-order chi connectivity index (χ0) is 12.4. The Morgan fingerprint density at radius 2 is 1.88 bits per heavy atom. The van der Waals surface area contributed by atoms with Crippen molar-refractivity contribution in [2.75, 3.05) is 18.5 Å². The average Bonchev–Trinajstić information content (AvgIpc) is 2.34. The minimum atomic E-state index is 0.586. The van der Waals surface area contributed by atoms with Gasteiger partial charge < -0.3 is 10.2 Å². The number of piperidine rings is 1. The van der Waals surface area contributed by atoms with Gasteiger partial charge in [0.15, 0.2) is 0 Å². The molecular weight excluding hydrogens is 276 g/mol. The normalized spacial score (nSPS) is 29.4. The lowest BCUT2D eigenvalue weighted by atomic mass is 9.87. The molecule has 1 aromatic carbocycles. The largest absolute Gasteiger partial charge is 0.368 e. The number of hydrogen-bond acceptors (Lipinski definition) is 2. The van der Waals surface area contributed by atoms with Crippen LogP contribution in [0.15, 0.2) is 28.7 Å². The fraction of sp³-hybridized carbons (Fsp3) is 0.571. The Morgan fingerprint density at radius 1 is 1.24 bits per heavy atom. The van der Waals surface area contributed by atoms with Crippen LogP contribution in [0.5, 0.6) is 0 Å². The molecule has 0 bridgehead atoms. The van der Waals surface area contributed by atoms with Crippen molar-refractivity contribution in [3.05, 3.63) is 28.7 Å². The monoisotopic (exact) mass is 296 g/mol. The van der Waals surface area contributed by atoms with Crippen molar-refractivity contribution in [3.8, 4) is 0 Å². The minimum absolute atomic E-state index is 0.586. The zero-order valence-corrected chi connectivity index (χ0v) is 12.4. The number of nitrogens with zero attached hydrogens (tertiary/aromatic N) is 1. The van der Waals surface area contributed by atoms with E-state index >= 15 is 0 Å². The number of rotatable bonds is 2. The summed E-state index contributed by atoms with van der Waals surface area (Å²) in [5.41, 5.74) is 1.34. The van der Waals surface area contributed by atoms with Crippen molar-refractivity contribution in [2.45, 2.75) is 32.4 Å². The Balaban J connectivity index is 2.15. The van der Waals surface area contributed by atoms with Gasteiger partial charge in [-0.1, -0.05) is 22.9 Å². The third kappa shape index (κ3) is 2.66. The van der Waals surface area contributed by atoms with E-state index in [-0.39, 0.29) is 0 Å². The van der Waals surface area contributed by atoms with Crippen molar-refractivity contribution in [2.24, 2.45) is 5.92 Å². The molecule has 0 aliphatic carbocycles. The second-order valence-corrected chi connectivity index (χ2v) is 5.87. The van der Waals surface area contributed by atoms with Crippen LogP contribution in [0.1, 0.15) is 20.3 Å². The van der Waals surface area contributed by atoms with Crippen LogP contribution in [-0.4, -0.2) is 25.7 Å². The molecule has 0 saturated carbocycles. The van der Waals surface area contributed by atoms with Gasteiger partial charge in [0.05, 0.1) is 0 Å². The summed E-state index contributed by atoms with van der Waals surface area (Å²) >= 11 is 3.49. The molecule has 3 heteroatoms. The highest BCUT2D eigenvalue weighted by Gasteiger charge is 2.31. The topological polar surface area (TPSA) is 15.3 Å². The Bertz CT molecular complexity index is 363. The van der Waals surface area contributed by atoms with Gasteiger partial charge in [-0.3, -0.25) is 0 Å². The zero-order valence-electron chi connectivity index (χ0n) is 10.8. The number of halogens is 1. The lowest BCUT2D eigenvalue weighted by Gasteiger charge is -2.44. The Hall–Kier alpha value is -0.540. The maximum Gasteiger partial charge on any atom is 0.0369 e. The molecule has 1 aliphatic rings. The number of nitrogens with one attached hydrogen (secondary N) is 1. The van der Waals surface area contributed by atoms with Crippen LogP contribution in [0, 0.1) is 5.92 Å². The fourth-order valence-corrected chi connectivity index (χ4v) is 3.03. The first-order valence-electron chi connectivity index (χ1n) is 6.33. The van der Waals surface area contributed by atoms with Gasteiger partial charge in [-0.2, -0.15) is 0 Å². The van der Waals surface area contributed by atoms with E-state index in [1.54, 1.807) is 0 Å². The summed E-state index contributed by atoms with van der Waals surface area (Å²) in [4.78, 5) is 2.52. The first-order valence-corrected chi connectivity index (χ1v) is 7.12. The van der Waals surface area contributed by atoms with Crippen LogP contribution >= 0.6 is 15.9 Å². The van der Waals surface area contributed by atoms with Crippen molar-refractivity contribution in [1.82, 2.24) is 5.32 Å². The molecule has 1 N–H and O–H groups in total. The first kappa shape index (κ1) is 12.9. The van der Waals surface area contributed by atoms with Crippen molar-refractivity contribution in [3.63, 3.8) is 0 Å². The van der Waals surface area contributed by atoms with Gasteiger partial charge >= 0.3 is 0 Å². The smallest absolute Gasteiger partial charge is 0.0369 e.